The van der Waals surface area contributed by atoms with Gasteiger partial charge in [0.2, 0.25) is 0 Å². The first-order valence-electron chi connectivity index (χ1n) is 5.18. The van der Waals surface area contributed by atoms with E-state index in [1.165, 1.54) is 4.90 Å². The minimum absolute atomic E-state index is 0.0204. The van der Waals surface area contributed by atoms with Crippen molar-refractivity contribution in [3.8, 4) is 0 Å². The lowest BCUT2D eigenvalue weighted by molar-refractivity contribution is -0.143. The van der Waals surface area contributed by atoms with E-state index in [9.17, 15) is 18.0 Å². The van der Waals surface area contributed by atoms with E-state index in [1.54, 1.807) is 0 Å². The zero-order valence-electron chi connectivity index (χ0n) is 9.08. The van der Waals surface area contributed by atoms with Crippen LogP contribution in [-0.4, -0.2) is 30.1 Å². The lowest BCUT2D eigenvalue weighted by Gasteiger charge is -2.38. The van der Waals surface area contributed by atoms with Crippen LogP contribution in [0.5, 0.6) is 0 Å². The van der Waals surface area contributed by atoms with Gasteiger partial charge in [0.1, 0.15) is 35.7 Å². The molecule has 1 unspecified atom stereocenters. The van der Waals surface area contributed by atoms with Gasteiger partial charge in [0.05, 0.1) is 0 Å². The van der Waals surface area contributed by atoms with Crippen LogP contribution in [0, 0.1) is 11.6 Å². The van der Waals surface area contributed by atoms with E-state index in [2.05, 4.69) is 4.29 Å². The van der Waals surface area contributed by atoms with Crippen LogP contribution in [0.4, 0.5) is 13.2 Å². The summed E-state index contributed by atoms with van der Waals surface area (Å²) in [5.74, 6) is -2.58. The quantitative estimate of drug-likeness (QED) is 0.851. The minimum Gasteiger partial charge on any atom is -0.345 e. The van der Waals surface area contributed by atoms with Gasteiger partial charge in [-0.1, -0.05) is 6.07 Å². The highest BCUT2D eigenvalue weighted by Crippen LogP contribution is 2.30. The highest BCUT2D eigenvalue weighted by atomic mass is 35.5. The molecule has 1 fully saturated rings. The molecule has 0 saturated carbocycles. The van der Waals surface area contributed by atoms with E-state index in [-0.39, 0.29) is 18.7 Å². The maximum absolute atomic E-state index is 13.6. The molecule has 0 aliphatic carbocycles. The van der Waals surface area contributed by atoms with Crippen molar-refractivity contribution < 1.29 is 22.3 Å². The van der Waals surface area contributed by atoms with Crippen LogP contribution in [-0.2, 0) is 9.08 Å². The summed E-state index contributed by atoms with van der Waals surface area (Å²) < 4.78 is 43.2. The minimum atomic E-state index is -1.16. The molecule has 3 nitrogen and oxygen atoms in total. The molecule has 1 saturated heterocycles. The highest BCUT2D eigenvalue weighted by Gasteiger charge is 2.39. The van der Waals surface area contributed by atoms with E-state index in [1.807, 2.05) is 0 Å². The van der Waals surface area contributed by atoms with Gasteiger partial charge in [-0.05, 0) is 6.07 Å². The van der Waals surface area contributed by atoms with Crippen molar-refractivity contribution in [3.05, 3.63) is 35.4 Å². The Morgan fingerprint density at radius 2 is 2.11 bits per heavy atom. The van der Waals surface area contributed by atoms with Crippen LogP contribution in [0.3, 0.4) is 0 Å². The summed E-state index contributed by atoms with van der Waals surface area (Å²) in [6, 6.07) is 1.63. The molecule has 1 aliphatic rings. The molecular formula is C11H9ClF3NO2. The standard InChI is InChI=1S/C11H9ClF3NO2/c12-18-11(17)10(16-4-7(14)5-16)8-2-1-6(13)3-9(8)15/h1-3,7,10H,4-5H2. The van der Waals surface area contributed by atoms with E-state index in [4.69, 9.17) is 11.9 Å². The second-order valence-corrected chi connectivity index (χ2v) is 4.17. The fourth-order valence-electron chi connectivity index (χ4n) is 1.90. The van der Waals surface area contributed by atoms with Crippen molar-refractivity contribution in [1.82, 2.24) is 4.90 Å². The second-order valence-electron chi connectivity index (χ2n) is 4.02. The van der Waals surface area contributed by atoms with E-state index >= 15 is 0 Å². The molecule has 1 heterocycles. The third-order valence-corrected chi connectivity index (χ3v) is 2.94. The average Bonchev–Trinajstić information content (AvgIpc) is 2.29. The van der Waals surface area contributed by atoms with Gasteiger partial charge in [-0.15, -0.1) is 0 Å². The Bertz CT molecular complexity index is 466. The summed E-state index contributed by atoms with van der Waals surface area (Å²) >= 11 is 4.98. The Morgan fingerprint density at radius 1 is 1.44 bits per heavy atom. The lowest BCUT2D eigenvalue weighted by atomic mass is 10.0. The highest BCUT2D eigenvalue weighted by molar-refractivity contribution is 6.13. The van der Waals surface area contributed by atoms with Crippen molar-refractivity contribution in [2.75, 3.05) is 13.1 Å². The van der Waals surface area contributed by atoms with Crippen LogP contribution in [0.1, 0.15) is 11.6 Å². The fourth-order valence-corrected chi connectivity index (χ4v) is 1.99. The van der Waals surface area contributed by atoms with Crippen LogP contribution in [0.25, 0.3) is 0 Å². The van der Waals surface area contributed by atoms with E-state index in [0.29, 0.717) is 6.07 Å². The van der Waals surface area contributed by atoms with Gasteiger partial charge < -0.3 is 4.29 Å². The normalized spacial score (nSPS) is 18.2. The number of rotatable bonds is 3. The van der Waals surface area contributed by atoms with Crippen LogP contribution in [0.15, 0.2) is 18.2 Å². The van der Waals surface area contributed by atoms with Crippen molar-refractivity contribution >= 4 is 17.8 Å². The molecule has 0 spiro atoms. The Kier molecular flexibility index (Phi) is 3.77. The van der Waals surface area contributed by atoms with Crippen molar-refractivity contribution in [1.29, 1.82) is 0 Å². The molecule has 18 heavy (non-hydrogen) atoms. The fraction of sp³-hybridized carbons (Fsp3) is 0.364. The summed E-state index contributed by atoms with van der Waals surface area (Å²) in [5.41, 5.74) is -0.0889. The van der Waals surface area contributed by atoms with Gasteiger partial charge in [-0.2, -0.15) is 0 Å². The monoisotopic (exact) mass is 279 g/mol. The molecule has 7 heteroatoms. The van der Waals surface area contributed by atoms with Gasteiger partial charge >= 0.3 is 5.97 Å². The van der Waals surface area contributed by atoms with E-state index < -0.39 is 29.8 Å². The van der Waals surface area contributed by atoms with E-state index in [0.717, 1.165) is 12.1 Å². The third kappa shape index (κ3) is 2.44. The predicted molar refractivity (Wildman–Crippen MR) is 57.5 cm³/mol. The molecule has 2 rings (SSSR count). The van der Waals surface area contributed by atoms with Gasteiger partial charge in [0, 0.05) is 24.7 Å². The topological polar surface area (TPSA) is 29.5 Å². The molecule has 0 radical (unpaired) electrons. The van der Waals surface area contributed by atoms with Crippen LogP contribution < -0.4 is 0 Å². The summed E-state index contributed by atoms with van der Waals surface area (Å²) in [6.07, 6.45) is -1.07. The number of alkyl halides is 1. The number of carbonyl (C=O) groups is 1. The summed E-state index contributed by atoms with van der Waals surface area (Å²) in [4.78, 5) is 12.9. The second kappa shape index (κ2) is 5.16. The zero-order chi connectivity index (χ0) is 13.3. The Hall–Kier alpha value is -1.27. The lowest BCUT2D eigenvalue weighted by Crippen LogP contribution is -2.52. The molecule has 1 aliphatic heterocycles. The number of halogens is 4. The molecule has 98 valence electrons. The maximum atomic E-state index is 13.6. The third-order valence-electron chi connectivity index (χ3n) is 2.79. The number of benzene rings is 1. The Balaban J connectivity index is 2.31. The van der Waals surface area contributed by atoms with Crippen molar-refractivity contribution in [3.63, 3.8) is 0 Å². The number of likely N-dealkylation sites (tertiary alicyclic amines) is 1. The summed E-state index contributed by atoms with van der Waals surface area (Å²) in [6.45, 7) is -0.0407. The predicted octanol–water partition coefficient (Wildman–Crippen LogP) is 2.36. The number of nitrogens with zero attached hydrogens (tertiary/aromatic N) is 1. The van der Waals surface area contributed by atoms with Gasteiger partial charge in [0.15, 0.2) is 0 Å². The van der Waals surface area contributed by atoms with Gasteiger partial charge in [0.25, 0.3) is 0 Å². The first kappa shape index (κ1) is 13.2. The van der Waals surface area contributed by atoms with Crippen LogP contribution in [0.2, 0.25) is 0 Å². The Morgan fingerprint density at radius 3 is 2.61 bits per heavy atom. The first-order valence-corrected chi connectivity index (χ1v) is 5.49. The largest absolute Gasteiger partial charge is 0.346 e. The number of carbonyl (C=O) groups excluding carboxylic acids is 1. The molecule has 1 atom stereocenters. The summed E-state index contributed by atoms with van der Waals surface area (Å²) in [5, 5.41) is 0. The SMILES string of the molecule is O=C(OCl)C(c1ccc(F)cc1F)N1CC(F)C1. The van der Waals surface area contributed by atoms with Crippen molar-refractivity contribution in [2.24, 2.45) is 0 Å². The molecule has 0 amide bonds. The molecule has 1 aromatic rings. The average molecular weight is 280 g/mol. The molecular weight excluding hydrogens is 271 g/mol. The first-order chi connectivity index (χ1) is 8.52. The molecule has 1 aromatic carbocycles. The zero-order valence-corrected chi connectivity index (χ0v) is 9.83. The Labute approximate surface area is 106 Å². The maximum Gasteiger partial charge on any atom is 0.346 e. The smallest absolute Gasteiger partial charge is 0.345 e. The van der Waals surface area contributed by atoms with Gasteiger partial charge in [-0.3, -0.25) is 4.90 Å². The number of hydrogen-bond donors (Lipinski definition) is 0. The van der Waals surface area contributed by atoms with Gasteiger partial charge in [-0.25, -0.2) is 18.0 Å². The molecule has 0 bridgehead atoms. The number of hydrogen-bond acceptors (Lipinski definition) is 3. The van der Waals surface area contributed by atoms with Crippen molar-refractivity contribution in [2.45, 2.75) is 12.2 Å². The molecule has 0 N–H and O–H groups in total. The molecule has 0 aromatic heterocycles. The van der Waals surface area contributed by atoms with Crippen LogP contribution >= 0.6 is 11.9 Å². The summed E-state index contributed by atoms with van der Waals surface area (Å²) in [7, 11) is 0.